The van der Waals surface area contributed by atoms with Crippen molar-refractivity contribution in [2.45, 2.75) is 37.8 Å². The Balaban J connectivity index is 1.82. The van der Waals surface area contributed by atoms with Crippen LogP contribution in [0.1, 0.15) is 31.0 Å². The fourth-order valence-corrected chi connectivity index (χ4v) is 5.83. The summed E-state index contributed by atoms with van der Waals surface area (Å²) in [5.74, 6) is -0.146. The Labute approximate surface area is 157 Å². The van der Waals surface area contributed by atoms with Gasteiger partial charge in [0.05, 0.1) is 18.2 Å². The monoisotopic (exact) mass is 398 g/mol. The second-order valence-electron chi connectivity index (χ2n) is 6.33. The Morgan fingerprint density at radius 2 is 2.23 bits per heavy atom. The number of ether oxygens (including phenoxy) is 1. The molecule has 0 spiro atoms. The third-order valence-electron chi connectivity index (χ3n) is 4.59. The summed E-state index contributed by atoms with van der Waals surface area (Å²) in [6.07, 6.45) is 1.29. The molecule has 3 rings (SSSR count). The highest BCUT2D eigenvalue weighted by Crippen LogP contribution is 2.34. The van der Waals surface area contributed by atoms with Gasteiger partial charge in [0, 0.05) is 29.6 Å². The van der Waals surface area contributed by atoms with E-state index in [2.05, 4.69) is 5.16 Å². The number of hydrogen-bond donors (Lipinski definition) is 0. The van der Waals surface area contributed by atoms with Crippen molar-refractivity contribution >= 4 is 27.3 Å². The van der Waals surface area contributed by atoms with E-state index in [9.17, 15) is 13.2 Å². The van der Waals surface area contributed by atoms with Crippen LogP contribution in [0.25, 0.3) is 11.3 Å². The van der Waals surface area contributed by atoms with Crippen LogP contribution in [0.4, 0.5) is 0 Å². The van der Waals surface area contributed by atoms with Gasteiger partial charge in [-0.15, -0.1) is 11.3 Å². The molecule has 0 amide bonds. The van der Waals surface area contributed by atoms with Crippen LogP contribution in [0.2, 0.25) is 0 Å². The lowest BCUT2D eigenvalue weighted by Gasteiger charge is -2.30. The first kappa shape index (κ1) is 19.1. The van der Waals surface area contributed by atoms with Gasteiger partial charge in [-0.2, -0.15) is 4.31 Å². The maximum Gasteiger partial charge on any atom is 0.310 e. The Hall–Kier alpha value is -1.71. The van der Waals surface area contributed by atoms with Crippen molar-refractivity contribution in [1.29, 1.82) is 0 Å². The molecule has 0 N–H and O–H groups in total. The lowest BCUT2D eigenvalue weighted by Crippen LogP contribution is -2.42. The lowest BCUT2D eigenvalue weighted by molar-refractivity contribution is -0.149. The Kier molecular flexibility index (Phi) is 5.50. The number of carbonyl (C=O) groups excluding carboxylic acids is 1. The quantitative estimate of drug-likeness (QED) is 0.719. The second-order valence-corrected chi connectivity index (χ2v) is 9.41. The van der Waals surface area contributed by atoms with E-state index in [4.69, 9.17) is 9.26 Å². The minimum Gasteiger partial charge on any atom is -0.466 e. The molecule has 0 aromatic carbocycles. The number of nitrogens with zero attached hydrogens (tertiary/aromatic N) is 2. The number of aromatic nitrogens is 1. The van der Waals surface area contributed by atoms with E-state index in [-0.39, 0.29) is 16.7 Å². The van der Waals surface area contributed by atoms with Crippen molar-refractivity contribution in [2.75, 3.05) is 19.7 Å². The van der Waals surface area contributed by atoms with Crippen LogP contribution >= 0.6 is 11.3 Å². The van der Waals surface area contributed by atoms with Crippen LogP contribution in [0.3, 0.4) is 0 Å². The summed E-state index contributed by atoms with van der Waals surface area (Å²) >= 11 is 1.15. The first-order valence-corrected chi connectivity index (χ1v) is 10.8. The highest BCUT2D eigenvalue weighted by Gasteiger charge is 2.35. The van der Waals surface area contributed by atoms with Crippen LogP contribution in [0.15, 0.2) is 20.2 Å². The molecule has 142 valence electrons. The zero-order valence-corrected chi connectivity index (χ0v) is 16.7. The SMILES string of the molecule is CCOC(=O)[C@H]1CCCN(S(=O)(=O)c2cc(-c3onc(C)c3C)cs2)C1. The van der Waals surface area contributed by atoms with E-state index in [0.717, 1.165) is 22.6 Å². The molecule has 1 aliphatic heterocycles. The molecule has 0 unspecified atom stereocenters. The number of thiophene rings is 1. The molecular formula is C17H22N2O5S2. The Bertz CT molecular complexity index is 900. The second kappa shape index (κ2) is 7.50. The van der Waals surface area contributed by atoms with Crippen LogP contribution in [0, 0.1) is 19.8 Å². The van der Waals surface area contributed by atoms with Crippen molar-refractivity contribution in [1.82, 2.24) is 9.46 Å². The van der Waals surface area contributed by atoms with Crippen LogP contribution < -0.4 is 0 Å². The topological polar surface area (TPSA) is 89.7 Å². The molecule has 9 heteroatoms. The van der Waals surface area contributed by atoms with Crippen molar-refractivity contribution in [3.05, 3.63) is 22.7 Å². The third kappa shape index (κ3) is 3.56. The maximum atomic E-state index is 13.0. The number of sulfonamides is 1. The van der Waals surface area contributed by atoms with Gasteiger partial charge in [-0.25, -0.2) is 8.42 Å². The minimum atomic E-state index is -3.65. The largest absolute Gasteiger partial charge is 0.466 e. The number of rotatable bonds is 5. The van der Waals surface area contributed by atoms with Gasteiger partial charge in [0.1, 0.15) is 4.21 Å². The zero-order chi connectivity index (χ0) is 18.9. The Morgan fingerprint density at radius 3 is 2.88 bits per heavy atom. The van der Waals surface area contributed by atoms with Crippen LogP contribution in [-0.2, 0) is 19.6 Å². The molecule has 0 saturated carbocycles. The summed E-state index contributed by atoms with van der Waals surface area (Å²) in [7, 11) is -3.65. The molecule has 2 aromatic heterocycles. The zero-order valence-electron chi connectivity index (χ0n) is 15.0. The van der Waals surface area contributed by atoms with E-state index >= 15 is 0 Å². The molecule has 1 aliphatic rings. The van der Waals surface area contributed by atoms with Crippen molar-refractivity contribution in [2.24, 2.45) is 5.92 Å². The number of aryl methyl sites for hydroxylation is 1. The lowest BCUT2D eigenvalue weighted by atomic mass is 10.0. The third-order valence-corrected chi connectivity index (χ3v) is 7.87. The predicted octanol–water partition coefficient (Wildman–Crippen LogP) is 2.98. The number of carbonyl (C=O) groups is 1. The average molecular weight is 399 g/mol. The first-order chi connectivity index (χ1) is 12.3. The van der Waals surface area contributed by atoms with Gasteiger partial charge in [-0.3, -0.25) is 4.79 Å². The van der Waals surface area contributed by atoms with Gasteiger partial charge < -0.3 is 9.26 Å². The molecule has 0 bridgehead atoms. The smallest absolute Gasteiger partial charge is 0.310 e. The van der Waals surface area contributed by atoms with E-state index in [1.165, 1.54) is 4.31 Å². The Morgan fingerprint density at radius 1 is 1.46 bits per heavy atom. The van der Waals surface area contributed by atoms with Gasteiger partial charge in [0.15, 0.2) is 5.76 Å². The summed E-state index contributed by atoms with van der Waals surface area (Å²) in [5.41, 5.74) is 2.38. The van der Waals surface area contributed by atoms with E-state index < -0.39 is 15.9 Å². The highest BCUT2D eigenvalue weighted by atomic mass is 32.2. The molecule has 1 atom stereocenters. The first-order valence-electron chi connectivity index (χ1n) is 8.53. The van der Waals surface area contributed by atoms with Gasteiger partial charge in [-0.1, -0.05) is 5.16 Å². The van der Waals surface area contributed by atoms with Crippen molar-refractivity contribution in [3.63, 3.8) is 0 Å². The predicted molar refractivity (Wildman–Crippen MR) is 97.4 cm³/mol. The fourth-order valence-electron chi connectivity index (χ4n) is 3.00. The molecule has 1 saturated heterocycles. The van der Waals surface area contributed by atoms with E-state index in [1.54, 1.807) is 18.4 Å². The van der Waals surface area contributed by atoms with Crippen LogP contribution in [0.5, 0.6) is 0 Å². The van der Waals surface area contributed by atoms with Crippen molar-refractivity contribution in [3.8, 4) is 11.3 Å². The minimum absolute atomic E-state index is 0.162. The molecule has 26 heavy (non-hydrogen) atoms. The molecule has 0 radical (unpaired) electrons. The molecule has 3 heterocycles. The van der Waals surface area contributed by atoms with E-state index in [1.807, 2.05) is 13.8 Å². The van der Waals surface area contributed by atoms with E-state index in [0.29, 0.717) is 37.3 Å². The standard InChI is InChI=1S/C17H22N2O5S2/c1-4-23-17(20)13-6-5-7-19(9-13)26(21,22)15-8-14(10-25-15)16-11(2)12(3)18-24-16/h8,10,13H,4-7,9H2,1-3H3/t13-/m0/s1. The van der Waals surface area contributed by atoms with Crippen LogP contribution in [-0.4, -0.2) is 43.5 Å². The summed E-state index contributed by atoms with van der Waals surface area (Å²) in [5, 5.41) is 5.68. The molecule has 7 nitrogen and oxygen atoms in total. The molecular weight excluding hydrogens is 376 g/mol. The fraction of sp³-hybridized carbons (Fsp3) is 0.529. The summed E-state index contributed by atoms with van der Waals surface area (Å²) in [6.45, 7) is 6.35. The summed E-state index contributed by atoms with van der Waals surface area (Å²) in [4.78, 5) is 12.0. The molecule has 2 aromatic rings. The van der Waals surface area contributed by atoms with Gasteiger partial charge in [0.2, 0.25) is 0 Å². The van der Waals surface area contributed by atoms with Crippen molar-refractivity contribution < 1.29 is 22.5 Å². The maximum absolute atomic E-state index is 13.0. The summed E-state index contributed by atoms with van der Waals surface area (Å²) < 4.78 is 38.0. The highest BCUT2D eigenvalue weighted by molar-refractivity contribution is 7.91. The number of piperidine rings is 1. The molecule has 1 fully saturated rings. The van der Waals surface area contributed by atoms with Gasteiger partial charge in [-0.05, 0) is 39.7 Å². The number of hydrogen-bond acceptors (Lipinski definition) is 7. The van der Waals surface area contributed by atoms with Gasteiger partial charge >= 0.3 is 5.97 Å². The summed E-state index contributed by atoms with van der Waals surface area (Å²) in [6, 6.07) is 1.61. The van der Waals surface area contributed by atoms with Gasteiger partial charge in [0.25, 0.3) is 10.0 Å². The number of esters is 1. The molecule has 0 aliphatic carbocycles. The normalized spacial score (nSPS) is 18.8. The average Bonchev–Trinajstić information content (AvgIpc) is 3.23.